The summed E-state index contributed by atoms with van der Waals surface area (Å²) in [6, 6.07) is 12.2. The van der Waals surface area contributed by atoms with Gasteiger partial charge in [-0.15, -0.1) is 0 Å². The molecular formula is C14H18N2O. The zero-order valence-electron chi connectivity index (χ0n) is 10.4. The number of ketones is 1. The number of nitrogens with zero attached hydrogens (tertiary/aromatic N) is 2. The number of hydrogen-bond donors (Lipinski definition) is 0. The Hall–Kier alpha value is -1.82. The summed E-state index contributed by atoms with van der Waals surface area (Å²) < 4.78 is 0. The van der Waals surface area contributed by atoms with E-state index in [0.29, 0.717) is 19.4 Å². The number of nitriles is 1. The summed E-state index contributed by atoms with van der Waals surface area (Å²) in [5, 5.41) is 8.68. The summed E-state index contributed by atoms with van der Waals surface area (Å²) >= 11 is 0. The molecule has 0 spiro atoms. The molecule has 3 heteroatoms. The highest BCUT2D eigenvalue weighted by atomic mass is 16.1. The highest BCUT2D eigenvalue weighted by molar-refractivity contribution is 5.76. The normalized spacial score (nSPS) is 11.6. The molecule has 0 aromatic heterocycles. The van der Waals surface area contributed by atoms with E-state index >= 15 is 0 Å². The van der Waals surface area contributed by atoms with Crippen LogP contribution >= 0.6 is 0 Å². The lowest BCUT2D eigenvalue weighted by Gasteiger charge is -2.30. The molecule has 1 rings (SSSR count). The van der Waals surface area contributed by atoms with Crippen molar-refractivity contribution in [3.05, 3.63) is 30.3 Å². The number of anilines is 1. The van der Waals surface area contributed by atoms with Crippen molar-refractivity contribution in [3.63, 3.8) is 0 Å². The Morgan fingerprint density at radius 2 is 2.06 bits per heavy atom. The lowest BCUT2D eigenvalue weighted by Crippen LogP contribution is -2.35. The van der Waals surface area contributed by atoms with Crippen LogP contribution in [0.1, 0.15) is 26.7 Å². The third kappa shape index (κ3) is 4.28. The predicted molar refractivity (Wildman–Crippen MR) is 68.8 cm³/mol. The van der Waals surface area contributed by atoms with Crippen molar-refractivity contribution in [3.8, 4) is 6.07 Å². The first-order valence-electron chi connectivity index (χ1n) is 5.83. The third-order valence-corrected chi connectivity index (χ3v) is 2.67. The van der Waals surface area contributed by atoms with E-state index in [0.717, 1.165) is 5.69 Å². The molecule has 0 heterocycles. The summed E-state index contributed by atoms with van der Waals surface area (Å²) in [6.45, 7) is 4.28. The molecule has 0 saturated heterocycles. The van der Waals surface area contributed by atoms with E-state index in [1.807, 2.05) is 37.3 Å². The van der Waals surface area contributed by atoms with Gasteiger partial charge in [-0.05, 0) is 26.0 Å². The summed E-state index contributed by atoms with van der Waals surface area (Å²) in [6.07, 6.45) is 0.984. The van der Waals surface area contributed by atoms with Crippen LogP contribution in [0.25, 0.3) is 0 Å². The van der Waals surface area contributed by atoms with Crippen LogP contribution in [0.3, 0.4) is 0 Å². The zero-order valence-corrected chi connectivity index (χ0v) is 10.4. The molecule has 0 bridgehead atoms. The standard InChI is InChI=1S/C14H18N2O/c1-12(11-13(2)17)16(10-6-9-15)14-7-4-3-5-8-14/h3-5,7-8,12H,6,10-11H2,1-2H3. The van der Waals surface area contributed by atoms with Gasteiger partial charge < -0.3 is 4.90 Å². The maximum absolute atomic E-state index is 11.2. The van der Waals surface area contributed by atoms with Gasteiger partial charge in [-0.1, -0.05) is 18.2 Å². The van der Waals surface area contributed by atoms with E-state index < -0.39 is 0 Å². The Bertz CT molecular complexity index is 394. The minimum atomic E-state index is 0.128. The summed E-state index contributed by atoms with van der Waals surface area (Å²) in [4.78, 5) is 13.3. The molecule has 1 unspecified atom stereocenters. The van der Waals surface area contributed by atoms with Crippen LogP contribution in [0.5, 0.6) is 0 Å². The van der Waals surface area contributed by atoms with Gasteiger partial charge in [0.25, 0.3) is 0 Å². The van der Waals surface area contributed by atoms with Crippen LogP contribution < -0.4 is 4.90 Å². The van der Waals surface area contributed by atoms with Gasteiger partial charge in [0, 0.05) is 24.7 Å². The summed E-state index contributed by atoms with van der Waals surface area (Å²) in [5.41, 5.74) is 1.07. The molecule has 1 atom stereocenters. The van der Waals surface area contributed by atoms with E-state index in [4.69, 9.17) is 5.26 Å². The summed E-state index contributed by atoms with van der Waals surface area (Å²) in [5.74, 6) is 0.176. The second kappa shape index (κ2) is 6.70. The number of benzene rings is 1. The van der Waals surface area contributed by atoms with Crippen molar-refractivity contribution < 1.29 is 4.79 Å². The van der Waals surface area contributed by atoms with Gasteiger partial charge in [0.05, 0.1) is 12.5 Å². The van der Waals surface area contributed by atoms with E-state index in [1.165, 1.54) is 0 Å². The molecule has 1 aromatic carbocycles. The minimum absolute atomic E-state index is 0.128. The SMILES string of the molecule is CC(=O)CC(C)N(CCC#N)c1ccccc1. The van der Waals surface area contributed by atoms with Gasteiger partial charge in [-0.2, -0.15) is 5.26 Å². The molecule has 90 valence electrons. The lowest BCUT2D eigenvalue weighted by molar-refractivity contribution is -0.117. The van der Waals surface area contributed by atoms with Crippen molar-refractivity contribution in [2.24, 2.45) is 0 Å². The molecule has 0 saturated carbocycles. The van der Waals surface area contributed by atoms with Gasteiger partial charge in [0.2, 0.25) is 0 Å². The molecule has 1 aromatic rings. The fourth-order valence-electron chi connectivity index (χ4n) is 1.92. The maximum Gasteiger partial charge on any atom is 0.131 e. The van der Waals surface area contributed by atoms with Crippen molar-refractivity contribution in [1.29, 1.82) is 5.26 Å². The Morgan fingerprint density at radius 3 is 2.59 bits per heavy atom. The van der Waals surface area contributed by atoms with Gasteiger partial charge in [0.15, 0.2) is 0 Å². The van der Waals surface area contributed by atoms with E-state index in [-0.39, 0.29) is 11.8 Å². The van der Waals surface area contributed by atoms with Gasteiger partial charge in [-0.3, -0.25) is 4.79 Å². The van der Waals surface area contributed by atoms with Crippen LogP contribution in [0.2, 0.25) is 0 Å². The summed E-state index contributed by atoms with van der Waals surface area (Å²) in [7, 11) is 0. The van der Waals surface area contributed by atoms with E-state index in [1.54, 1.807) is 6.92 Å². The number of para-hydroxylation sites is 1. The minimum Gasteiger partial charge on any atom is -0.367 e. The van der Waals surface area contributed by atoms with Crippen LogP contribution in [0.4, 0.5) is 5.69 Å². The molecule has 3 nitrogen and oxygen atoms in total. The average Bonchev–Trinajstić information content (AvgIpc) is 2.30. The third-order valence-electron chi connectivity index (χ3n) is 2.67. The first kappa shape index (κ1) is 13.2. The smallest absolute Gasteiger partial charge is 0.131 e. The topological polar surface area (TPSA) is 44.1 Å². The van der Waals surface area contributed by atoms with Crippen LogP contribution in [0, 0.1) is 11.3 Å². The fourth-order valence-corrected chi connectivity index (χ4v) is 1.92. The maximum atomic E-state index is 11.2. The lowest BCUT2D eigenvalue weighted by atomic mass is 10.1. The van der Waals surface area contributed by atoms with Gasteiger partial charge in [0.1, 0.15) is 5.78 Å². The molecule has 0 radical (unpaired) electrons. The number of carbonyl (C=O) groups is 1. The molecule has 0 aliphatic carbocycles. The fraction of sp³-hybridized carbons (Fsp3) is 0.429. The van der Waals surface area contributed by atoms with Crippen molar-refractivity contribution in [2.45, 2.75) is 32.7 Å². The molecule has 0 aliphatic rings. The Labute approximate surface area is 103 Å². The second-order valence-electron chi connectivity index (χ2n) is 4.19. The van der Waals surface area contributed by atoms with Gasteiger partial charge in [-0.25, -0.2) is 0 Å². The number of hydrogen-bond acceptors (Lipinski definition) is 3. The predicted octanol–water partition coefficient (Wildman–Crippen LogP) is 2.77. The highest BCUT2D eigenvalue weighted by Gasteiger charge is 2.15. The van der Waals surface area contributed by atoms with Crippen LogP contribution in [-0.4, -0.2) is 18.4 Å². The molecular weight excluding hydrogens is 212 g/mol. The number of Topliss-reactive ketones (excluding diaryl/α,β-unsaturated/α-hetero) is 1. The largest absolute Gasteiger partial charge is 0.367 e. The number of carbonyl (C=O) groups excluding carboxylic acids is 1. The van der Waals surface area contributed by atoms with Crippen molar-refractivity contribution in [2.75, 3.05) is 11.4 Å². The van der Waals surface area contributed by atoms with E-state index in [9.17, 15) is 4.79 Å². The van der Waals surface area contributed by atoms with Crippen LogP contribution in [0.15, 0.2) is 30.3 Å². The molecule has 17 heavy (non-hydrogen) atoms. The monoisotopic (exact) mass is 230 g/mol. The Kier molecular flexibility index (Phi) is 5.22. The Balaban J connectivity index is 2.80. The first-order valence-corrected chi connectivity index (χ1v) is 5.83. The van der Waals surface area contributed by atoms with Gasteiger partial charge >= 0.3 is 0 Å². The van der Waals surface area contributed by atoms with Crippen molar-refractivity contribution in [1.82, 2.24) is 0 Å². The molecule has 0 amide bonds. The highest BCUT2D eigenvalue weighted by Crippen LogP contribution is 2.18. The van der Waals surface area contributed by atoms with E-state index in [2.05, 4.69) is 11.0 Å². The Morgan fingerprint density at radius 1 is 1.41 bits per heavy atom. The first-order chi connectivity index (χ1) is 8.15. The van der Waals surface area contributed by atoms with Crippen molar-refractivity contribution >= 4 is 11.5 Å². The average molecular weight is 230 g/mol. The van der Waals surface area contributed by atoms with Crippen LogP contribution in [-0.2, 0) is 4.79 Å². The second-order valence-corrected chi connectivity index (χ2v) is 4.19. The number of rotatable bonds is 6. The zero-order chi connectivity index (χ0) is 12.7. The molecule has 0 N–H and O–H groups in total. The molecule has 0 fully saturated rings. The molecule has 0 aliphatic heterocycles. The quantitative estimate of drug-likeness (QED) is 0.754.